The second-order valence-electron chi connectivity index (χ2n) is 10.3. The molecule has 4 aliphatic rings. The highest BCUT2D eigenvalue weighted by Gasteiger charge is 2.71. The minimum atomic E-state index is -1.18. The quantitative estimate of drug-likeness (QED) is 0.305. The van der Waals surface area contributed by atoms with E-state index in [-0.39, 0.29) is 24.5 Å². The number of nitrogens with zero attached hydrogens (tertiary/aromatic N) is 2. The smallest absolute Gasteiger partial charge is 0.312 e. The lowest BCUT2D eigenvalue weighted by molar-refractivity contribution is -0.155. The van der Waals surface area contributed by atoms with Gasteiger partial charge in [-0.05, 0) is 39.0 Å². The second kappa shape index (κ2) is 11.2. The van der Waals surface area contributed by atoms with Crippen LogP contribution < -0.4 is 0 Å². The molecule has 194 valence electrons. The van der Waals surface area contributed by atoms with Crippen molar-refractivity contribution in [3.05, 3.63) is 24.3 Å². The molecule has 2 fully saturated rings. The average molecular weight is 489 g/mol. The van der Waals surface area contributed by atoms with Crippen LogP contribution in [-0.2, 0) is 23.9 Å². The van der Waals surface area contributed by atoms with Gasteiger partial charge in [-0.2, -0.15) is 0 Å². The third kappa shape index (κ3) is 4.79. The summed E-state index contributed by atoms with van der Waals surface area (Å²) in [4.78, 5) is 44.8. The number of amides is 2. The van der Waals surface area contributed by atoms with Gasteiger partial charge in [0.1, 0.15) is 17.6 Å². The fraction of sp³-hybridized carbons (Fsp3) is 0.741. The predicted molar refractivity (Wildman–Crippen MR) is 130 cm³/mol. The number of fused-ring (bicyclic) bond motifs is 2. The van der Waals surface area contributed by atoms with Crippen LogP contribution in [0.25, 0.3) is 0 Å². The van der Waals surface area contributed by atoms with Crippen molar-refractivity contribution in [2.45, 2.75) is 89.0 Å². The number of unbranched alkanes of at least 4 members (excludes halogenated alkanes) is 3. The number of cyclic esters (lactones) is 1. The molecule has 8 heteroatoms. The summed E-state index contributed by atoms with van der Waals surface area (Å²) < 4.78 is 12.2. The molecular weight excluding hydrogens is 448 g/mol. The second-order valence-corrected chi connectivity index (χ2v) is 10.3. The van der Waals surface area contributed by atoms with Crippen molar-refractivity contribution >= 4 is 17.8 Å². The summed E-state index contributed by atoms with van der Waals surface area (Å²) in [5.74, 6) is -2.27. The molecule has 0 aliphatic carbocycles. The van der Waals surface area contributed by atoms with Gasteiger partial charge in [-0.15, -0.1) is 0 Å². The van der Waals surface area contributed by atoms with Gasteiger partial charge < -0.3 is 24.4 Å². The van der Waals surface area contributed by atoms with E-state index in [0.29, 0.717) is 19.7 Å². The molecule has 6 atom stereocenters. The lowest BCUT2D eigenvalue weighted by atomic mass is 9.78. The summed E-state index contributed by atoms with van der Waals surface area (Å²) in [6.45, 7) is 5.50. The Morgan fingerprint density at radius 1 is 1.14 bits per heavy atom. The Kier molecular flexibility index (Phi) is 8.32. The topological polar surface area (TPSA) is 96.4 Å². The third-order valence-corrected chi connectivity index (χ3v) is 7.93. The first-order valence-electron chi connectivity index (χ1n) is 13.4. The van der Waals surface area contributed by atoms with Crippen molar-refractivity contribution in [2.24, 2.45) is 11.8 Å². The largest absolute Gasteiger partial charge is 0.465 e. The molecule has 0 saturated carbocycles. The van der Waals surface area contributed by atoms with E-state index in [1.54, 1.807) is 4.90 Å². The summed E-state index contributed by atoms with van der Waals surface area (Å²) in [6.07, 6.45) is 13.6. The fourth-order valence-electron chi connectivity index (χ4n) is 6.23. The van der Waals surface area contributed by atoms with Gasteiger partial charge in [0.25, 0.3) is 0 Å². The number of hydrogen-bond donors (Lipinski definition) is 1. The SMILES string of the molecule is CCCC(C)N1CC=C[C@]23O[C@@H]4/C=C\CCCOC(=O)[C@@H]4[C@H]2C(=O)N(CCCCCCO)C3C1=O. The molecule has 2 amide bonds. The highest BCUT2D eigenvalue weighted by atomic mass is 16.6. The first-order valence-corrected chi connectivity index (χ1v) is 13.4. The van der Waals surface area contributed by atoms with Crippen LogP contribution in [0.2, 0.25) is 0 Å². The maximum atomic E-state index is 14.1. The highest BCUT2D eigenvalue weighted by molar-refractivity contribution is 5.99. The monoisotopic (exact) mass is 488 g/mol. The zero-order chi connectivity index (χ0) is 25.0. The van der Waals surface area contributed by atoms with Crippen LogP contribution >= 0.6 is 0 Å². The number of carbonyl (C=O) groups excluding carboxylic acids is 3. The van der Waals surface area contributed by atoms with Gasteiger partial charge in [-0.25, -0.2) is 0 Å². The molecule has 4 aliphatic heterocycles. The number of allylic oxidation sites excluding steroid dienone is 1. The molecule has 0 aromatic heterocycles. The van der Waals surface area contributed by atoms with Gasteiger partial charge >= 0.3 is 5.97 Å². The van der Waals surface area contributed by atoms with Crippen LogP contribution in [0.1, 0.15) is 65.2 Å². The Hall–Kier alpha value is -2.19. The Bertz CT molecular complexity index is 857. The molecule has 35 heavy (non-hydrogen) atoms. The Morgan fingerprint density at radius 2 is 1.94 bits per heavy atom. The van der Waals surface area contributed by atoms with Crippen molar-refractivity contribution in [2.75, 3.05) is 26.3 Å². The molecule has 4 rings (SSSR count). The molecule has 1 spiro atoms. The van der Waals surface area contributed by atoms with E-state index in [9.17, 15) is 14.4 Å². The number of carbonyl (C=O) groups is 3. The number of likely N-dealkylation sites (tertiary alicyclic amines) is 1. The maximum Gasteiger partial charge on any atom is 0.312 e. The minimum Gasteiger partial charge on any atom is -0.465 e. The molecule has 1 N–H and O–H groups in total. The number of aliphatic hydroxyl groups excluding tert-OH is 1. The minimum absolute atomic E-state index is 0.0383. The van der Waals surface area contributed by atoms with E-state index in [2.05, 4.69) is 6.92 Å². The van der Waals surface area contributed by atoms with Crippen molar-refractivity contribution in [3.63, 3.8) is 0 Å². The van der Waals surface area contributed by atoms with E-state index >= 15 is 0 Å². The number of rotatable bonds is 9. The Balaban J connectivity index is 1.71. The molecule has 2 saturated heterocycles. The molecule has 0 aromatic carbocycles. The van der Waals surface area contributed by atoms with Crippen LogP contribution in [0.4, 0.5) is 0 Å². The summed E-state index contributed by atoms with van der Waals surface area (Å²) in [7, 11) is 0. The Labute approximate surface area is 208 Å². The van der Waals surface area contributed by atoms with Gasteiger partial charge in [0.15, 0.2) is 0 Å². The first-order chi connectivity index (χ1) is 17.0. The zero-order valence-electron chi connectivity index (χ0n) is 21.1. The van der Waals surface area contributed by atoms with E-state index < -0.39 is 35.6 Å². The molecular formula is C27H40N2O6. The number of esters is 1. The maximum absolute atomic E-state index is 14.1. The van der Waals surface area contributed by atoms with Crippen molar-refractivity contribution in [1.82, 2.24) is 9.80 Å². The van der Waals surface area contributed by atoms with Crippen molar-refractivity contribution in [1.29, 1.82) is 0 Å². The number of hydrogen-bond acceptors (Lipinski definition) is 6. The standard InChI is InChI=1S/C27H40N2O6/c1-3-12-19(2)28-16-11-14-27-22(21-20(35-27)13-7-6-10-18-34-26(21)33)24(31)29(23(27)25(28)32)15-8-4-5-9-17-30/h7,11,13-14,19-23,30H,3-6,8-10,12,15-18H2,1-2H3/b13-7-/t19?,20-,21+,22+,23?,27+/m1/s1. The number of ether oxygens (including phenoxy) is 2. The molecule has 0 aromatic rings. The summed E-state index contributed by atoms with van der Waals surface area (Å²) in [6, 6.07) is -0.760. The lowest BCUT2D eigenvalue weighted by Crippen LogP contribution is -2.56. The van der Waals surface area contributed by atoms with Crippen LogP contribution in [-0.4, -0.2) is 82.8 Å². The summed E-state index contributed by atoms with van der Waals surface area (Å²) in [5, 5.41) is 9.08. The van der Waals surface area contributed by atoms with Gasteiger partial charge in [0, 0.05) is 25.7 Å². The fourth-order valence-corrected chi connectivity index (χ4v) is 6.23. The van der Waals surface area contributed by atoms with Gasteiger partial charge in [-0.3, -0.25) is 14.4 Å². The van der Waals surface area contributed by atoms with E-state index in [1.165, 1.54) is 0 Å². The van der Waals surface area contributed by atoms with Gasteiger partial charge in [-0.1, -0.05) is 50.5 Å². The molecule has 8 nitrogen and oxygen atoms in total. The van der Waals surface area contributed by atoms with E-state index in [4.69, 9.17) is 14.6 Å². The van der Waals surface area contributed by atoms with Crippen LogP contribution in [0.3, 0.4) is 0 Å². The zero-order valence-corrected chi connectivity index (χ0v) is 21.1. The lowest BCUT2D eigenvalue weighted by Gasteiger charge is -2.37. The van der Waals surface area contributed by atoms with Crippen molar-refractivity contribution < 1.29 is 29.0 Å². The normalized spacial score (nSPS) is 34.3. The van der Waals surface area contributed by atoms with E-state index in [0.717, 1.165) is 51.4 Å². The average Bonchev–Trinajstić information content (AvgIpc) is 3.24. The Morgan fingerprint density at radius 3 is 2.71 bits per heavy atom. The summed E-state index contributed by atoms with van der Waals surface area (Å²) >= 11 is 0. The van der Waals surface area contributed by atoms with E-state index in [1.807, 2.05) is 36.1 Å². The molecule has 0 bridgehead atoms. The molecule has 0 radical (unpaired) electrons. The first kappa shape index (κ1) is 25.9. The number of aliphatic hydroxyl groups is 1. The van der Waals surface area contributed by atoms with Gasteiger partial charge in [0.05, 0.1) is 18.6 Å². The van der Waals surface area contributed by atoms with Gasteiger partial charge in [0.2, 0.25) is 11.8 Å². The van der Waals surface area contributed by atoms with Crippen LogP contribution in [0.5, 0.6) is 0 Å². The third-order valence-electron chi connectivity index (χ3n) is 7.93. The highest BCUT2D eigenvalue weighted by Crippen LogP contribution is 2.53. The predicted octanol–water partition coefficient (Wildman–Crippen LogP) is 2.60. The van der Waals surface area contributed by atoms with Crippen molar-refractivity contribution in [3.8, 4) is 0 Å². The van der Waals surface area contributed by atoms with Crippen LogP contribution in [0, 0.1) is 11.8 Å². The molecule has 2 unspecified atom stereocenters. The van der Waals surface area contributed by atoms with Crippen LogP contribution in [0.15, 0.2) is 24.3 Å². The summed E-state index contributed by atoms with van der Waals surface area (Å²) in [5.41, 5.74) is -1.18. The molecule has 4 heterocycles.